The number of hydrogen-bond donors (Lipinski definition) is 2. The van der Waals surface area contributed by atoms with Gasteiger partial charge < -0.3 is 10.5 Å². The molecule has 2 aliphatic heterocycles. The second-order valence-electron chi connectivity index (χ2n) is 7.05. The molecule has 0 aromatic heterocycles. The van der Waals surface area contributed by atoms with Crippen LogP contribution in [-0.2, 0) is 17.8 Å². The lowest BCUT2D eigenvalue weighted by Crippen LogP contribution is -2.37. The van der Waals surface area contributed by atoms with Gasteiger partial charge in [-0.3, -0.25) is 9.69 Å². The highest BCUT2D eigenvalue weighted by molar-refractivity contribution is 6.54. The Bertz CT molecular complexity index is 890. The molecule has 0 radical (unpaired) electrons. The Labute approximate surface area is 153 Å². The summed E-state index contributed by atoms with van der Waals surface area (Å²) in [6, 6.07) is 12.7. The molecule has 4 rings (SSSR count). The summed E-state index contributed by atoms with van der Waals surface area (Å²) in [5, 5.41) is 15.5. The number of benzene rings is 2. The Balaban J connectivity index is 1.92. The van der Waals surface area contributed by atoms with Gasteiger partial charge in [0.2, 0.25) is 0 Å². The van der Waals surface area contributed by atoms with Crippen LogP contribution in [0.1, 0.15) is 37.0 Å². The van der Waals surface area contributed by atoms with E-state index in [9.17, 15) is 10.0 Å². The van der Waals surface area contributed by atoms with Crippen LogP contribution in [0.3, 0.4) is 0 Å². The van der Waals surface area contributed by atoms with Crippen molar-refractivity contribution in [3.8, 4) is 11.1 Å². The maximum atomic E-state index is 12.3. The molecule has 2 aromatic rings. The smallest absolute Gasteiger partial charge is 0.278 e. The minimum atomic E-state index is -0.337. The lowest BCUT2D eigenvalue weighted by Gasteiger charge is -2.35. The fourth-order valence-corrected chi connectivity index (χ4v) is 4.01. The summed E-state index contributed by atoms with van der Waals surface area (Å²) < 4.78 is 0. The first-order valence-electron chi connectivity index (χ1n) is 9.16. The summed E-state index contributed by atoms with van der Waals surface area (Å²) >= 11 is 0. The van der Waals surface area contributed by atoms with Crippen LogP contribution in [0.4, 0.5) is 5.69 Å². The van der Waals surface area contributed by atoms with Crippen LogP contribution in [0, 0.1) is 0 Å². The zero-order valence-corrected chi connectivity index (χ0v) is 15.1. The minimum Gasteiger partial charge on any atom is -0.410 e. The number of carbonyl (C=O) groups excluding carboxylic acids is 1. The molecule has 0 saturated heterocycles. The molecule has 2 heterocycles. The van der Waals surface area contributed by atoms with E-state index >= 15 is 0 Å². The van der Waals surface area contributed by atoms with Crippen LogP contribution in [0.2, 0.25) is 0 Å². The van der Waals surface area contributed by atoms with Gasteiger partial charge in [-0.25, -0.2) is 0 Å². The summed E-state index contributed by atoms with van der Waals surface area (Å²) in [4.78, 5) is 14.7. The third kappa shape index (κ3) is 2.59. The molecule has 1 amide bonds. The zero-order chi connectivity index (χ0) is 18.3. The first kappa shape index (κ1) is 16.8. The largest absolute Gasteiger partial charge is 0.410 e. The summed E-state index contributed by atoms with van der Waals surface area (Å²) in [5.74, 6) is -0.337. The quantitative estimate of drug-likeness (QED) is 0.657. The van der Waals surface area contributed by atoms with Crippen molar-refractivity contribution < 1.29 is 10.0 Å². The van der Waals surface area contributed by atoms with Crippen LogP contribution in [0.25, 0.3) is 11.1 Å². The Hall–Kier alpha value is -2.66. The molecule has 26 heavy (non-hydrogen) atoms. The SMILES string of the molecule is CCC(C)N1CCc2c(-c3ccccc3)cc3c(c2C1)NC(=O)/C3=N/O. The maximum Gasteiger partial charge on any atom is 0.278 e. The number of anilines is 1. The Morgan fingerprint density at radius 3 is 2.69 bits per heavy atom. The highest BCUT2D eigenvalue weighted by Gasteiger charge is 2.34. The molecule has 1 atom stereocenters. The highest BCUT2D eigenvalue weighted by atomic mass is 16.4. The summed E-state index contributed by atoms with van der Waals surface area (Å²) in [6.07, 6.45) is 2.03. The first-order valence-corrected chi connectivity index (χ1v) is 9.16. The van der Waals surface area contributed by atoms with E-state index in [2.05, 4.69) is 41.4 Å². The molecule has 0 aliphatic carbocycles. The van der Waals surface area contributed by atoms with Crippen molar-refractivity contribution >= 4 is 17.3 Å². The summed E-state index contributed by atoms with van der Waals surface area (Å²) in [6.45, 7) is 6.25. The van der Waals surface area contributed by atoms with Gasteiger partial charge in [0.1, 0.15) is 0 Å². The maximum absolute atomic E-state index is 12.3. The number of nitrogens with one attached hydrogen (secondary N) is 1. The van der Waals surface area contributed by atoms with E-state index in [1.165, 1.54) is 5.56 Å². The fraction of sp³-hybridized carbons (Fsp3) is 0.333. The number of hydrogen-bond acceptors (Lipinski definition) is 4. The van der Waals surface area contributed by atoms with Gasteiger partial charge in [0.25, 0.3) is 5.91 Å². The van der Waals surface area contributed by atoms with Crippen LogP contribution in [0.15, 0.2) is 41.6 Å². The van der Waals surface area contributed by atoms with E-state index in [1.54, 1.807) is 0 Å². The van der Waals surface area contributed by atoms with E-state index in [-0.39, 0.29) is 11.6 Å². The van der Waals surface area contributed by atoms with Crippen molar-refractivity contribution in [2.45, 2.75) is 39.3 Å². The molecular formula is C21H23N3O2. The monoisotopic (exact) mass is 349 g/mol. The van der Waals surface area contributed by atoms with Gasteiger partial charge in [-0.05, 0) is 48.1 Å². The van der Waals surface area contributed by atoms with Crippen molar-refractivity contribution in [3.05, 3.63) is 53.1 Å². The van der Waals surface area contributed by atoms with Gasteiger partial charge in [0, 0.05) is 24.7 Å². The third-order valence-electron chi connectivity index (χ3n) is 5.67. The molecule has 2 aromatic carbocycles. The van der Waals surface area contributed by atoms with Crippen LogP contribution in [-0.4, -0.2) is 34.3 Å². The van der Waals surface area contributed by atoms with Crippen LogP contribution < -0.4 is 5.32 Å². The molecule has 5 heteroatoms. The van der Waals surface area contributed by atoms with Crippen molar-refractivity contribution in [3.63, 3.8) is 0 Å². The number of rotatable bonds is 3. The average molecular weight is 349 g/mol. The normalized spacial score (nSPS) is 19.2. The van der Waals surface area contributed by atoms with E-state index in [0.717, 1.165) is 48.3 Å². The van der Waals surface area contributed by atoms with E-state index < -0.39 is 0 Å². The Kier molecular flexibility index (Phi) is 4.24. The van der Waals surface area contributed by atoms with E-state index in [4.69, 9.17) is 0 Å². The molecule has 1 unspecified atom stereocenters. The van der Waals surface area contributed by atoms with Crippen LogP contribution >= 0.6 is 0 Å². The number of nitrogens with zero attached hydrogens (tertiary/aromatic N) is 2. The Morgan fingerprint density at radius 2 is 2.00 bits per heavy atom. The second-order valence-corrected chi connectivity index (χ2v) is 7.05. The van der Waals surface area contributed by atoms with Crippen molar-refractivity contribution in [1.29, 1.82) is 0 Å². The third-order valence-corrected chi connectivity index (χ3v) is 5.67. The molecule has 134 valence electrons. The average Bonchev–Trinajstić information content (AvgIpc) is 3.02. The summed E-state index contributed by atoms with van der Waals surface area (Å²) in [7, 11) is 0. The molecule has 0 fully saturated rings. The minimum absolute atomic E-state index is 0.0978. The number of fused-ring (bicyclic) bond motifs is 3. The van der Waals surface area contributed by atoms with Crippen molar-refractivity contribution in [1.82, 2.24) is 4.90 Å². The lowest BCUT2D eigenvalue weighted by atomic mass is 9.86. The van der Waals surface area contributed by atoms with Gasteiger partial charge in [-0.15, -0.1) is 0 Å². The predicted molar refractivity (Wildman–Crippen MR) is 103 cm³/mol. The zero-order valence-electron chi connectivity index (χ0n) is 15.1. The lowest BCUT2D eigenvalue weighted by molar-refractivity contribution is -0.110. The number of amides is 1. The highest BCUT2D eigenvalue weighted by Crippen LogP contribution is 2.40. The Morgan fingerprint density at radius 1 is 1.23 bits per heavy atom. The summed E-state index contributed by atoms with van der Waals surface area (Å²) in [5.41, 5.74) is 6.29. The van der Waals surface area contributed by atoms with Crippen LogP contribution in [0.5, 0.6) is 0 Å². The number of oxime groups is 1. The van der Waals surface area contributed by atoms with Gasteiger partial charge in [0.15, 0.2) is 5.71 Å². The van der Waals surface area contributed by atoms with Gasteiger partial charge in [-0.1, -0.05) is 42.4 Å². The topological polar surface area (TPSA) is 64.9 Å². The van der Waals surface area contributed by atoms with Gasteiger partial charge in [0.05, 0.1) is 5.69 Å². The molecule has 0 saturated carbocycles. The van der Waals surface area contributed by atoms with Crippen molar-refractivity contribution in [2.24, 2.45) is 5.16 Å². The molecule has 2 N–H and O–H groups in total. The molecule has 2 aliphatic rings. The van der Waals surface area contributed by atoms with E-state index in [1.807, 2.05) is 24.3 Å². The van der Waals surface area contributed by atoms with Gasteiger partial charge in [-0.2, -0.15) is 0 Å². The second kappa shape index (κ2) is 6.57. The fourth-order valence-electron chi connectivity index (χ4n) is 4.01. The number of carbonyl (C=O) groups is 1. The standard InChI is InChI=1S/C21H23N3O2/c1-3-13(2)24-10-9-15-16(14-7-5-4-6-8-14)11-17-19(18(15)12-24)22-21(25)20(17)23-26/h4-8,11,13,26H,3,9-10,12H2,1-2H3,(H,22,23,25). The van der Waals surface area contributed by atoms with Crippen molar-refractivity contribution in [2.75, 3.05) is 11.9 Å². The predicted octanol–water partition coefficient (Wildman–Crippen LogP) is 3.64. The first-order chi connectivity index (χ1) is 12.6. The molecule has 0 spiro atoms. The molecular weight excluding hydrogens is 326 g/mol. The molecule has 0 bridgehead atoms. The van der Waals surface area contributed by atoms with Gasteiger partial charge >= 0.3 is 0 Å². The molecule has 5 nitrogen and oxygen atoms in total. The van der Waals surface area contributed by atoms with E-state index in [0.29, 0.717) is 11.6 Å².